The number of anilines is 1. The molecule has 1 heterocycles. The van der Waals surface area contributed by atoms with Gasteiger partial charge in [0.15, 0.2) is 0 Å². The Morgan fingerprint density at radius 3 is 2.50 bits per heavy atom. The molecule has 138 valence electrons. The van der Waals surface area contributed by atoms with E-state index >= 15 is 0 Å². The Balaban J connectivity index is 2.17. The van der Waals surface area contributed by atoms with Crippen LogP contribution in [0.15, 0.2) is 23.4 Å². The molecular formula is C18H24N6OS. The molecule has 0 radical (unpaired) electrons. The van der Waals surface area contributed by atoms with Gasteiger partial charge in [-0.2, -0.15) is 5.26 Å². The fraction of sp³-hybridized carbons (Fsp3) is 0.500. The van der Waals surface area contributed by atoms with Gasteiger partial charge in [-0.3, -0.25) is 4.79 Å². The molecule has 0 spiro atoms. The van der Waals surface area contributed by atoms with Gasteiger partial charge in [0.2, 0.25) is 11.1 Å². The maximum Gasteiger partial charge on any atom is 0.237 e. The van der Waals surface area contributed by atoms with Crippen molar-refractivity contribution in [1.82, 2.24) is 20.2 Å². The van der Waals surface area contributed by atoms with Gasteiger partial charge in [0.1, 0.15) is 0 Å². The standard InChI is InChI=1S/C18H24N6OS/c1-13-9-14(2)11-15(10-13)23(8-6-7-19)16(25)12-26-17-20-21-22-24(17)18(3,4)5/h9-11H,6,8,12H2,1-5H3. The molecule has 0 N–H and O–H groups in total. The average molecular weight is 372 g/mol. The third-order valence-electron chi connectivity index (χ3n) is 3.67. The van der Waals surface area contributed by atoms with Gasteiger partial charge in [0.25, 0.3) is 0 Å². The van der Waals surface area contributed by atoms with E-state index in [1.54, 1.807) is 9.58 Å². The van der Waals surface area contributed by atoms with Crippen molar-refractivity contribution in [2.24, 2.45) is 0 Å². The third kappa shape index (κ3) is 5.05. The Bertz CT molecular complexity index is 798. The normalized spacial score (nSPS) is 11.2. The number of nitriles is 1. The SMILES string of the molecule is Cc1cc(C)cc(N(CCC#N)C(=O)CSc2nnnn2C(C)(C)C)c1. The Labute approximate surface area is 158 Å². The Morgan fingerprint density at radius 1 is 1.27 bits per heavy atom. The summed E-state index contributed by atoms with van der Waals surface area (Å²) >= 11 is 1.31. The summed E-state index contributed by atoms with van der Waals surface area (Å²) in [6.45, 7) is 10.4. The molecule has 0 saturated carbocycles. The number of aromatic nitrogens is 4. The van der Waals surface area contributed by atoms with E-state index in [4.69, 9.17) is 5.26 Å². The van der Waals surface area contributed by atoms with Gasteiger partial charge in [-0.25, -0.2) is 4.68 Å². The molecule has 1 aromatic carbocycles. The molecule has 0 fully saturated rings. The maximum absolute atomic E-state index is 12.8. The van der Waals surface area contributed by atoms with Crippen molar-refractivity contribution in [3.05, 3.63) is 29.3 Å². The van der Waals surface area contributed by atoms with Crippen molar-refractivity contribution in [1.29, 1.82) is 5.26 Å². The number of benzene rings is 1. The first-order chi connectivity index (χ1) is 12.2. The highest BCUT2D eigenvalue weighted by Crippen LogP contribution is 2.24. The lowest BCUT2D eigenvalue weighted by Crippen LogP contribution is -2.33. The topological polar surface area (TPSA) is 87.7 Å². The molecule has 0 atom stereocenters. The van der Waals surface area contributed by atoms with Gasteiger partial charge in [-0.05, 0) is 68.3 Å². The maximum atomic E-state index is 12.8. The summed E-state index contributed by atoms with van der Waals surface area (Å²) < 4.78 is 1.71. The summed E-state index contributed by atoms with van der Waals surface area (Å²) in [5.41, 5.74) is 2.72. The van der Waals surface area contributed by atoms with Crippen LogP contribution in [0, 0.1) is 25.2 Å². The Hall–Kier alpha value is -2.40. The summed E-state index contributed by atoms with van der Waals surface area (Å²) in [7, 11) is 0. The van der Waals surface area contributed by atoms with Crippen molar-refractivity contribution in [3.8, 4) is 6.07 Å². The number of carbonyl (C=O) groups excluding carboxylic acids is 1. The fourth-order valence-electron chi connectivity index (χ4n) is 2.56. The molecular weight excluding hydrogens is 348 g/mol. The van der Waals surface area contributed by atoms with E-state index in [0.717, 1.165) is 16.8 Å². The second-order valence-electron chi connectivity index (χ2n) is 7.13. The zero-order valence-corrected chi connectivity index (χ0v) is 16.7. The second kappa shape index (κ2) is 8.32. The van der Waals surface area contributed by atoms with E-state index in [2.05, 4.69) is 27.7 Å². The predicted octanol–water partition coefficient (Wildman–Crippen LogP) is 3.08. The molecule has 0 aliphatic heterocycles. The van der Waals surface area contributed by atoms with Crippen LogP contribution < -0.4 is 4.90 Å². The van der Waals surface area contributed by atoms with Crippen LogP contribution in [-0.2, 0) is 10.3 Å². The first-order valence-corrected chi connectivity index (χ1v) is 9.38. The number of aryl methyl sites for hydroxylation is 2. The highest BCUT2D eigenvalue weighted by atomic mass is 32.2. The van der Waals surface area contributed by atoms with Gasteiger partial charge >= 0.3 is 0 Å². The van der Waals surface area contributed by atoms with Crippen LogP contribution in [0.4, 0.5) is 5.69 Å². The second-order valence-corrected chi connectivity index (χ2v) is 8.07. The first kappa shape index (κ1) is 19.9. The summed E-state index contributed by atoms with van der Waals surface area (Å²) in [5.74, 6) is 0.133. The van der Waals surface area contributed by atoms with E-state index in [1.165, 1.54) is 11.8 Å². The van der Waals surface area contributed by atoms with E-state index in [-0.39, 0.29) is 23.6 Å². The number of amides is 1. The first-order valence-electron chi connectivity index (χ1n) is 8.39. The summed E-state index contributed by atoms with van der Waals surface area (Å²) in [6.07, 6.45) is 0.281. The van der Waals surface area contributed by atoms with E-state index in [9.17, 15) is 4.79 Å². The molecule has 0 aliphatic rings. The Kier molecular flexibility index (Phi) is 6.37. The number of thioether (sulfide) groups is 1. The van der Waals surface area contributed by atoms with Gasteiger partial charge < -0.3 is 4.90 Å². The molecule has 26 heavy (non-hydrogen) atoms. The number of rotatable bonds is 6. The van der Waals surface area contributed by atoms with E-state index in [0.29, 0.717) is 11.7 Å². The molecule has 7 nitrogen and oxygen atoms in total. The number of carbonyl (C=O) groups is 1. The number of nitrogens with zero attached hydrogens (tertiary/aromatic N) is 6. The summed E-state index contributed by atoms with van der Waals surface area (Å²) in [4.78, 5) is 14.5. The molecule has 0 bridgehead atoms. The van der Waals surface area contributed by atoms with Crippen LogP contribution in [0.3, 0.4) is 0 Å². The number of hydrogen-bond donors (Lipinski definition) is 0. The van der Waals surface area contributed by atoms with Gasteiger partial charge in [-0.15, -0.1) is 5.10 Å². The molecule has 2 rings (SSSR count). The average Bonchev–Trinajstić information content (AvgIpc) is 3.01. The van der Waals surface area contributed by atoms with Gasteiger partial charge in [0.05, 0.1) is 23.8 Å². The van der Waals surface area contributed by atoms with Crippen LogP contribution in [0.5, 0.6) is 0 Å². The lowest BCUT2D eigenvalue weighted by Gasteiger charge is -2.23. The van der Waals surface area contributed by atoms with Crippen molar-refractivity contribution in [2.75, 3.05) is 17.2 Å². The molecule has 1 aromatic heterocycles. The molecule has 0 saturated heterocycles. The van der Waals surface area contributed by atoms with Crippen LogP contribution >= 0.6 is 11.8 Å². The van der Waals surface area contributed by atoms with Crippen LogP contribution in [0.1, 0.15) is 38.3 Å². The quantitative estimate of drug-likeness (QED) is 0.724. The molecule has 0 unspecified atom stereocenters. The molecule has 1 amide bonds. The summed E-state index contributed by atoms with van der Waals surface area (Å²) in [6, 6.07) is 8.10. The number of tetrazole rings is 1. The van der Waals surface area contributed by atoms with E-state index < -0.39 is 0 Å². The lowest BCUT2D eigenvalue weighted by atomic mass is 10.1. The fourth-order valence-corrected chi connectivity index (χ4v) is 3.50. The van der Waals surface area contributed by atoms with Crippen molar-refractivity contribution < 1.29 is 4.79 Å². The minimum Gasteiger partial charge on any atom is -0.311 e. The van der Waals surface area contributed by atoms with E-state index in [1.807, 2.05) is 46.8 Å². The predicted molar refractivity (Wildman–Crippen MR) is 102 cm³/mol. The van der Waals surface area contributed by atoms with Crippen LogP contribution in [-0.4, -0.2) is 38.4 Å². The highest BCUT2D eigenvalue weighted by Gasteiger charge is 2.22. The summed E-state index contributed by atoms with van der Waals surface area (Å²) in [5, 5.41) is 21.3. The smallest absolute Gasteiger partial charge is 0.237 e. The molecule has 2 aromatic rings. The van der Waals surface area contributed by atoms with Gasteiger partial charge in [0, 0.05) is 12.2 Å². The van der Waals surface area contributed by atoms with Crippen molar-refractivity contribution in [2.45, 2.75) is 51.7 Å². The monoisotopic (exact) mass is 372 g/mol. The minimum atomic E-state index is -0.261. The lowest BCUT2D eigenvalue weighted by molar-refractivity contribution is -0.116. The molecule has 0 aliphatic carbocycles. The van der Waals surface area contributed by atoms with Crippen molar-refractivity contribution in [3.63, 3.8) is 0 Å². The zero-order chi connectivity index (χ0) is 19.3. The minimum absolute atomic E-state index is 0.0706. The van der Waals surface area contributed by atoms with Gasteiger partial charge in [-0.1, -0.05) is 17.8 Å². The molecule has 8 heteroatoms. The zero-order valence-electron chi connectivity index (χ0n) is 15.9. The Morgan fingerprint density at radius 2 is 1.92 bits per heavy atom. The number of hydrogen-bond acceptors (Lipinski definition) is 6. The highest BCUT2D eigenvalue weighted by molar-refractivity contribution is 7.99. The van der Waals surface area contributed by atoms with Crippen LogP contribution in [0.25, 0.3) is 0 Å². The van der Waals surface area contributed by atoms with Crippen LogP contribution in [0.2, 0.25) is 0 Å². The third-order valence-corrected chi connectivity index (χ3v) is 4.57. The largest absolute Gasteiger partial charge is 0.311 e. The van der Waals surface area contributed by atoms with Crippen molar-refractivity contribution >= 4 is 23.4 Å².